The van der Waals surface area contributed by atoms with Gasteiger partial charge in [0, 0.05) is 37.5 Å². The van der Waals surface area contributed by atoms with Crippen molar-refractivity contribution in [1.29, 1.82) is 0 Å². The molecule has 2 N–H and O–H groups in total. The summed E-state index contributed by atoms with van der Waals surface area (Å²) < 4.78 is 5.51. The molecular formula is C23H22N4O2. The Morgan fingerprint density at radius 3 is 2.28 bits per heavy atom. The van der Waals surface area contributed by atoms with Gasteiger partial charge in [0.25, 0.3) is 0 Å². The van der Waals surface area contributed by atoms with Crippen LogP contribution in [0.1, 0.15) is 22.6 Å². The SMILES string of the molecule is CNc1ncc(C=CCNC(=O)OCC2c3ccccc3-c3ccccc32)cn1. The first-order chi connectivity index (χ1) is 14.3. The lowest BCUT2D eigenvalue weighted by Crippen LogP contribution is -2.26. The Morgan fingerprint density at radius 2 is 1.66 bits per heavy atom. The maximum absolute atomic E-state index is 12.1. The van der Waals surface area contributed by atoms with Crippen LogP contribution >= 0.6 is 0 Å². The monoisotopic (exact) mass is 386 g/mol. The number of nitrogens with one attached hydrogen (secondary N) is 2. The van der Waals surface area contributed by atoms with Gasteiger partial charge in [-0.2, -0.15) is 0 Å². The summed E-state index contributed by atoms with van der Waals surface area (Å²) >= 11 is 0. The van der Waals surface area contributed by atoms with Crippen molar-refractivity contribution in [2.75, 3.05) is 25.5 Å². The largest absolute Gasteiger partial charge is 0.449 e. The zero-order chi connectivity index (χ0) is 20.1. The second-order valence-electron chi connectivity index (χ2n) is 6.70. The summed E-state index contributed by atoms with van der Waals surface area (Å²) in [7, 11) is 1.77. The molecule has 6 nitrogen and oxygen atoms in total. The van der Waals surface area contributed by atoms with E-state index in [1.807, 2.05) is 36.4 Å². The van der Waals surface area contributed by atoms with E-state index in [1.54, 1.807) is 19.4 Å². The van der Waals surface area contributed by atoms with E-state index in [0.29, 0.717) is 19.1 Å². The minimum atomic E-state index is -0.432. The lowest BCUT2D eigenvalue weighted by Gasteiger charge is -2.14. The third kappa shape index (κ3) is 4.11. The van der Waals surface area contributed by atoms with Crippen molar-refractivity contribution >= 4 is 18.1 Å². The standard InChI is InChI=1S/C23H22N4O2/c1-24-22-26-13-16(14-27-22)7-6-12-25-23(28)29-15-21-19-10-4-2-8-17(19)18-9-3-5-11-20(18)21/h2-11,13-14,21H,12,15H2,1H3,(H,25,28)(H,24,26,27). The van der Waals surface area contributed by atoms with Crippen LogP contribution in [0.3, 0.4) is 0 Å². The number of anilines is 1. The molecule has 0 unspecified atom stereocenters. The van der Waals surface area contributed by atoms with Crippen molar-refractivity contribution in [1.82, 2.24) is 15.3 Å². The number of nitrogens with zero attached hydrogens (tertiary/aromatic N) is 2. The minimum absolute atomic E-state index is 0.0616. The third-order valence-electron chi connectivity index (χ3n) is 4.91. The Bertz CT molecular complexity index is 986. The number of hydrogen-bond donors (Lipinski definition) is 2. The number of ether oxygens (including phenoxy) is 1. The van der Waals surface area contributed by atoms with Gasteiger partial charge in [0.15, 0.2) is 0 Å². The molecule has 4 rings (SSSR count). The Morgan fingerprint density at radius 1 is 1.03 bits per heavy atom. The maximum Gasteiger partial charge on any atom is 0.407 e. The van der Waals surface area contributed by atoms with Crippen LogP contribution in [0.4, 0.5) is 10.7 Å². The number of carbonyl (C=O) groups excluding carboxylic acids is 1. The Kier molecular flexibility index (Phi) is 5.52. The maximum atomic E-state index is 12.1. The Labute approximate surface area is 169 Å². The Hall–Kier alpha value is -3.67. The van der Waals surface area contributed by atoms with Gasteiger partial charge in [0.2, 0.25) is 5.95 Å². The van der Waals surface area contributed by atoms with Gasteiger partial charge in [-0.15, -0.1) is 0 Å². The molecule has 146 valence electrons. The van der Waals surface area contributed by atoms with Crippen LogP contribution in [0.2, 0.25) is 0 Å². The lowest BCUT2D eigenvalue weighted by molar-refractivity contribution is 0.144. The van der Waals surface area contributed by atoms with Gasteiger partial charge in [0.05, 0.1) is 0 Å². The first-order valence-electron chi connectivity index (χ1n) is 9.51. The third-order valence-corrected chi connectivity index (χ3v) is 4.91. The summed E-state index contributed by atoms with van der Waals surface area (Å²) in [6.07, 6.45) is 6.67. The molecule has 0 aliphatic heterocycles. The second kappa shape index (κ2) is 8.56. The zero-order valence-electron chi connectivity index (χ0n) is 16.1. The normalized spacial score (nSPS) is 12.4. The van der Waals surface area contributed by atoms with Gasteiger partial charge in [-0.1, -0.05) is 60.7 Å². The molecule has 29 heavy (non-hydrogen) atoms. The van der Waals surface area contributed by atoms with Crippen molar-refractivity contribution < 1.29 is 9.53 Å². The second-order valence-corrected chi connectivity index (χ2v) is 6.70. The molecule has 3 aromatic rings. The van der Waals surface area contributed by atoms with E-state index in [9.17, 15) is 4.79 Å². The molecule has 0 radical (unpaired) electrons. The highest BCUT2D eigenvalue weighted by Crippen LogP contribution is 2.44. The highest BCUT2D eigenvalue weighted by atomic mass is 16.5. The van der Waals surface area contributed by atoms with Gasteiger partial charge in [-0.05, 0) is 22.3 Å². The smallest absolute Gasteiger partial charge is 0.407 e. The molecule has 0 fully saturated rings. The van der Waals surface area contributed by atoms with Crippen LogP contribution in [0.15, 0.2) is 67.0 Å². The molecule has 0 atom stereocenters. The van der Waals surface area contributed by atoms with Gasteiger partial charge in [0.1, 0.15) is 6.61 Å². The average molecular weight is 386 g/mol. The molecular weight excluding hydrogens is 364 g/mol. The fraction of sp³-hybridized carbons (Fsp3) is 0.174. The number of alkyl carbamates (subject to hydrolysis) is 1. The van der Waals surface area contributed by atoms with Crippen molar-refractivity contribution in [2.24, 2.45) is 0 Å². The lowest BCUT2D eigenvalue weighted by atomic mass is 9.98. The van der Waals surface area contributed by atoms with E-state index in [-0.39, 0.29) is 5.92 Å². The van der Waals surface area contributed by atoms with Crippen LogP contribution in [0.25, 0.3) is 17.2 Å². The number of amides is 1. The van der Waals surface area contributed by atoms with Gasteiger partial charge >= 0.3 is 6.09 Å². The quantitative estimate of drug-likeness (QED) is 0.668. The molecule has 0 spiro atoms. The fourth-order valence-electron chi connectivity index (χ4n) is 3.54. The van der Waals surface area contributed by atoms with Crippen LogP contribution < -0.4 is 10.6 Å². The molecule has 6 heteroatoms. The van der Waals surface area contributed by atoms with E-state index < -0.39 is 6.09 Å². The minimum Gasteiger partial charge on any atom is -0.449 e. The number of hydrogen-bond acceptors (Lipinski definition) is 5. The molecule has 0 saturated carbocycles. The fourth-order valence-corrected chi connectivity index (χ4v) is 3.54. The van der Waals surface area contributed by atoms with Crippen molar-refractivity contribution in [2.45, 2.75) is 5.92 Å². The average Bonchev–Trinajstić information content (AvgIpc) is 3.09. The Balaban J connectivity index is 1.31. The number of carbonyl (C=O) groups is 1. The van der Waals surface area contributed by atoms with Crippen molar-refractivity contribution in [3.8, 4) is 11.1 Å². The molecule has 1 heterocycles. The summed E-state index contributed by atoms with van der Waals surface area (Å²) in [6.45, 7) is 0.674. The molecule has 0 bridgehead atoms. The molecule has 1 amide bonds. The molecule has 2 aromatic carbocycles. The van der Waals surface area contributed by atoms with Crippen LogP contribution in [-0.4, -0.2) is 36.3 Å². The summed E-state index contributed by atoms with van der Waals surface area (Å²) in [6, 6.07) is 16.6. The summed E-state index contributed by atoms with van der Waals surface area (Å²) in [4.78, 5) is 20.4. The molecule has 1 aliphatic rings. The van der Waals surface area contributed by atoms with Crippen LogP contribution in [-0.2, 0) is 4.74 Å². The summed E-state index contributed by atoms with van der Waals surface area (Å²) in [5, 5.41) is 5.61. The van der Waals surface area contributed by atoms with Crippen LogP contribution in [0, 0.1) is 0 Å². The first-order valence-corrected chi connectivity index (χ1v) is 9.51. The molecule has 1 aromatic heterocycles. The van der Waals surface area contributed by atoms with Crippen LogP contribution in [0.5, 0.6) is 0 Å². The van der Waals surface area contributed by atoms with Crippen molar-refractivity contribution in [3.63, 3.8) is 0 Å². The predicted molar refractivity (Wildman–Crippen MR) is 114 cm³/mol. The number of benzene rings is 2. The van der Waals surface area contributed by atoms with Crippen molar-refractivity contribution in [3.05, 3.63) is 83.7 Å². The summed E-state index contributed by atoms with van der Waals surface area (Å²) in [5.41, 5.74) is 5.69. The predicted octanol–water partition coefficient (Wildman–Crippen LogP) is 4.07. The summed E-state index contributed by atoms with van der Waals surface area (Å²) in [5.74, 6) is 0.630. The number of rotatable bonds is 6. The van der Waals surface area contributed by atoms with Gasteiger partial charge < -0.3 is 15.4 Å². The van der Waals surface area contributed by atoms with E-state index in [4.69, 9.17) is 4.74 Å². The first kappa shape index (κ1) is 18.7. The highest BCUT2D eigenvalue weighted by Gasteiger charge is 2.28. The van der Waals surface area contributed by atoms with E-state index in [0.717, 1.165) is 5.56 Å². The van der Waals surface area contributed by atoms with E-state index >= 15 is 0 Å². The van der Waals surface area contributed by atoms with Gasteiger partial charge in [-0.25, -0.2) is 14.8 Å². The zero-order valence-corrected chi connectivity index (χ0v) is 16.1. The van der Waals surface area contributed by atoms with E-state index in [2.05, 4.69) is 44.9 Å². The van der Waals surface area contributed by atoms with E-state index in [1.165, 1.54) is 22.3 Å². The molecule has 1 aliphatic carbocycles. The topological polar surface area (TPSA) is 76.1 Å². The van der Waals surface area contributed by atoms with Gasteiger partial charge in [-0.3, -0.25) is 0 Å². The molecule has 0 saturated heterocycles. The highest BCUT2D eigenvalue weighted by molar-refractivity contribution is 5.79. The number of aromatic nitrogens is 2. The number of fused-ring (bicyclic) bond motifs is 3.